The first-order valence-electron chi connectivity index (χ1n) is 6.62. The predicted octanol–water partition coefficient (Wildman–Crippen LogP) is 4.05. The lowest BCUT2D eigenvalue weighted by Crippen LogP contribution is -1.91. The van der Waals surface area contributed by atoms with Crippen molar-refractivity contribution in [1.82, 2.24) is 5.16 Å². The lowest BCUT2D eigenvalue weighted by molar-refractivity contribution is 0.426. The van der Waals surface area contributed by atoms with Gasteiger partial charge in [0.25, 0.3) is 0 Å². The minimum absolute atomic E-state index is 0.423. The molecule has 0 radical (unpaired) electrons. The Morgan fingerprint density at radius 1 is 1.11 bits per heavy atom. The van der Waals surface area contributed by atoms with Crippen LogP contribution in [0, 0.1) is 0 Å². The summed E-state index contributed by atoms with van der Waals surface area (Å²) in [5.41, 5.74) is 8.91. The Kier molecular flexibility index (Phi) is 4.40. The number of nitrogens with two attached hydrogens (primary N) is 1. The van der Waals surface area contributed by atoms with Gasteiger partial charge in [0.2, 0.25) is 5.88 Å². The fraction of sp³-hybridized carbons (Fsp3) is 0.400. The van der Waals surface area contributed by atoms with E-state index in [0.29, 0.717) is 5.88 Å². The third-order valence-electron chi connectivity index (χ3n) is 3.12. The van der Waals surface area contributed by atoms with Gasteiger partial charge in [0.1, 0.15) is 0 Å². The quantitative estimate of drug-likeness (QED) is 0.780. The average molecular weight is 244 g/mol. The van der Waals surface area contributed by atoms with E-state index in [2.05, 4.69) is 12.1 Å². The normalized spacial score (nSPS) is 10.7. The van der Waals surface area contributed by atoms with Crippen molar-refractivity contribution in [2.24, 2.45) is 0 Å². The zero-order valence-electron chi connectivity index (χ0n) is 10.9. The minimum Gasteiger partial charge on any atom is -0.367 e. The number of aryl methyl sites for hydroxylation is 1. The van der Waals surface area contributed by atoms with Crippen LogP contribution in [0.1, 0.15) is 38.3 Å². The largest absolute Gasteiger partial charge is 0.367 e. The van der Waals surface area contributed by atoms with Crippen LogP contribution in [0.5, 0.6) is 0 Å². The topological polar surface area (TPSA) is 52.0 Å². The molecule has 0 atom stereocenters. The van der Waals surface area contributed by atoms with Gasteiger partial charge >= 0.3 is 0 Å². The van der Waals surface area contributed by atoms with E-state index < -0.39 is 0 Å². The number of hydrogen-bond acceptors (Lipinski definition) is 3. The van der Waals surface area contributed by atoms with Crippen LogP contribution in [0.2, 0.25) is 0 Å². The number of unbranched alkanes of at least 4 members (excludes halogenated alkanes) is 3. The van der Waals surface area contributed by atoms with Gasteiger partial charge in [-0.25, -0.2) is 0 Å². The summed E-state index contributed by atoms with van der Waals surface area (Å²) in [5.74, 6) is 0.423. The lowest BCUT2D eigenvalue weighted by Gasteiger charge is -2.02. The molecule has 2 N–H and O–H groups in total. The fourth-order valence-corrected chi connectivity index (χ4v) is 2.14. The number of rotatable bonds is 6. The molecule has 0 aliphatic carbocycles. The molecule has 0 fully saturated rings. The first-order chi connectivity index (χ1) is 8.83. The van der Waals surface area contributed by atoms with Crippen LogP contribution in [-0.2, 0) is 6.42 Å². The van der Waals surface area contributed by atoms with Gasteiger partial charge in [-0.2, -0.15) is 0 Å². The number of benzene rings is 1. The molecule has 1 aromatic carbocycles. The van der Waals surface area contributed by atoms with E-state index in [-0.39, 0.29) is 0 Å². The second kappa shape index (κ2) is 6.24. The summed E-state index contributed by atoms with van der Waals surface area (Å²) in [7, 11) is 0. The third-order valence-corrected chi connectivity index (χ3v) is 3.12. The van der Waals surface area contributed by atoms with Crippen LogP contribution in [0.25, 0.3) is 11.1 Å². The van der Waals surface area contributed by atoms with Gasteiger partial charge < -0.3 is 10.3 Å². The Labute approximate surface area is 108 Å². The van der Waals surface area contributed by atoms with E-state index in [1.165, 1.54) is 19.3 Å². The second-order valence-corrected chi connectivity index (χ2v) is 4.55. The molecule has 0 spiro atoms. The highest BCUT2D eigenvalue weighted by molar-refractivity contribution is 5.74. The Balaban J connectivity index is 2.12. The second-order valence-electron chi connectivity index (χ2n) is 4.55. The summed E-state index contributed by atoms with van der Waals surface area (Å²) in [4.78, 5) is 0. The highest BCUT2D eigenvalue weighted by Gasteiger charge is 2.14. The summed E-state index contributed by atoms with van der Waals surface area (Å²) < 4.78 is 5.13. The summed E-state index contributed by atoms with van der Waals surface area (Å²) in [5, 5.41) is 4.09. The summed E-state index contributed by atoms with van der Waals surface area (Å²) >= 11 is 0. The number of nitrogen functional groups attached to an aromatic ring is 1. The smallest absolute Gasteiger partial charge is 0.230 e. The summed E-state index contributed by atoms with van der Waals surface area (Å²) in [6.45, 7) is 2.21. The summed E-state index contributed by atoms with van der Waals surface area (Å²) in [6, 6.07) is 10.1. The van der Waals surface area contributed by atoms with Crippen molar-refractivity contribution in [3.63, 3.8) is 0 Å². The first-order valence-corrected chi connectivity index (χ1v) is 6.62. The fourth-order valence-electron chi connectivity index (χ4n) is 2.14. The van der Waals surface area contributed by atoms with Crippen molar-refractivity contribution >= 4 is 5.88 Å². The molecular formula is C15H20N2O. The molecule has 1 heterocycles. The molecule has 2 aromatic rings. The molecule has 3 heteroatoms. The molecule has 2 rings (SSSR count). The van der Waals surface area contributed by atoms with E-state index >= 15 is 0 Å². The van der Waals surface area contributed by atoms with Gasteiger partial charge in [0, 0.05) is 0 Å². The molecule has 0 amide bonds. The maximum Gasteiger partial charge on any atom is 0.230 e. The Hall–Kier alpha value is -1.77. The van der Waals surface area contributed by atoms with Crippen LogP contribution in [0.4, 0.5) is 5.88 Å². The van der Waals surface area contributed by atoms with E-state index in [0.717, 1.165) is 29.7 Å². The molecule has 0 saturated carbocycles. The molecule has 0 aliphatic rings. The predicted molar refractivity (Wildman–Crippen MR) is 74.2 cm³/mol. The van der Waals surface area contributed by atoms with Crippen molar-refractivity contribution in [2.75, 3.05) is 5.73 Å². The van der Waals surface area contributed by atoms with Crippen LogP contribution < -0.4 is 5.73 Å². The molecule has 3 nitrogen and oxygen atoms in total. The zero-order valence-corrected chi connectivity index (χ0v) is 10.9. The molecule has 1 aromatic heterocycles. The average Bonchev–Trinajstić information content (AvgIpc) is 2.77. The number of hydrogen-bond donors (Lipinski definition) is 1. The molecule has 96 valence electrons. The van der Waals surface area contributed by atoms with Gasteiger partial charge in [0.05, 0.1) is 11.3 Å². The van der Waals surface area contributed by atoms with Crippen molar-refractivity contribution in [3.8, 4) is 11.1 Å². The first kappa shape index (κ1) is 12.7. The van der Waals surface area contributed by atoms with Crippen LogP contribution in [-0.4, -0.2) is 5.16 Å². The van der Waals surface area contributed by atoms with E-state index in [4.69, 9.17) is 10.3 Å². The standard InChI is InChI=1S/C15H20N2O/c1-2-3-4-8-11-13-14(15(16)18-17-13)12-9-6-5-7-10-12/h5-7,9-10H,2-4,8,11,16H2,1H3. The molecular weight excluding hydrogens is 224 g/mol. The van der Waals surface area contributed by atoms with Crippen molar-refractivity contribution in [1.29, 1.82) is 0 Å². The Bertz CT molecular complexity index is 476. The molecule has 0 saturated heterocycles. The molecule has 0 bridgehead atoms. The van der Waals surface area contributed by atoms with Crippen molar-refractivity contribution in [3.05, 3.63) is 36.0 Å². The Morgan fingerprint density at radius 3 is 2.61 bits per heavy atom. The van der Waals surface area contributed by atoms with Gasteiger partial charge in [-0.3, -0.25) is 0 Å². The van der Waals surface area contributed by atoms with E-state index in [1.807, 2.05) is 30.3 Å². The van der Waals surface area contributed by atoms with Crippen LogP contribution >= 0.6 is 0 Å². The zero-order chi connectivity index (χ0) is 12.8. The number of anilines is 1. The lowest BCUT2D eigenvalue weighted by atomic mass is 10.0. The van der Waals surface area contributed by atoms with Gasteiger partial charge in [-0.05, 0) is 18.4 Å². The molecule has 0 unspecified atom stereocenters. The summed E-state index contributed by atoms with van der Waals surface area (Å²) in [6.07, 6.45) is 5.82. The van der Waals surface area contributed by atoms with Crippen molar-refractivity contribution in [2.45, 2.75) is 39.0 Å². The van der Waals surface area contributed by atoms with Crippen molar-refractivity contribution < 1.29 is 4.52 Å². The third kappa shape index (κ3) is 2.92. The van der Waals surface area contributed by atoms with E-state index in [9.17, 15) is 0 Å². The van der Waals surface area contributed by atoms with Gasteiger partial charge in [0.15, 0.2) is 0 Å². The van der Waals surface area contributed by atoms with Crippen LogP contribution in [0.15, 0.2) is 34.9 Å². The maximum absolute atomic E-state index is 5.87. The number of aromatic nitrogens is 1. The van der Waals surface area contributed by atoms with Gasteiger partial charge in [-0.1, -0.05) is 61.7 Å². The van der Waals surface area contributed by atoms with Gasteiger partial charge in [-0.15, -0.1) is 0 Å². The highest BCUT2D eigenvalue weighted by Crippen LogP contribution is 2.30. The molecule has 18 heavy (non-hydrogen) atoms. The van der Waals surface area contributed by atoms with Crippen LogP contribution in [0.3, 0.4) is 0 Å². The minimum atomic E-state index is 0.423. The number of nitrogens with zero attached hydrogens (tertiary/aromatic N) is 1. The monoisotopic (exact) mass is 244 g/mol. The maximum atomic E-state index is 5.87. The SMILES string of the molecule is CCCCCCc1noc(N)c1-c1ccccc1. The Morgan fingerprint density at radius 2 is 1.89 bits per heavy atom. The molecule has 0 aliphatic heterocycles. The highest BCUT2D eigenvalue weighted by atomic mass is 16.5. The van der Waals surface area contributed by atoms with E-state index in [1.54, 1.807) is 0 Å².